The van der Waals surface area contributed by atoms with Gasteiger partial charge in [-0.3, -0.25) is 19.2 Å². The summed E-state index contributed by atoms with van der Waals surface area (Å²) in [5.74, 6) is -3.69. The number of rotatable bonds is 15. The number of carboxylic acid groups (broad SMARTS) is 1. The Balaban J connectivity index is 5.44. The molecular formula is C18H33N5O6S2. The van der Waals surface area contributed by atoms with Gasteiger partial charge in [0.05, 0.1) is 12.5 Å². The van der Waals surface area contributed by atoms with Crippen LogP contribution in [0.2, 0.25) is 0 Å². The van der Waals surface area contributed by atoms with Crippen LogP contribution in [0, 0.1) is 5.92 Å². The Kier molecular flexibility index (Phi) is 14.0. The number of carbonyl (C=O) groups is 5. The first-order chi connectivity index (χ1) is 14.4. The summed E-state index contributed by atoms with van der Waals surface area (Å²) in [6, 6.07) is -4.53. The van der Waals surface area contributed by atoms with Crippen molar-refractivity contribution in [2.45, 2.75) is 57.3 Å². The van der Waals surface area contributed by atoms with Crippen molar-refractivity contribution in [3.8, 4) is 0 Å². The van der Waals surface area contributed by atoms with E-state index in [-0.39, 0.29) is 24.5 Å². The summed E-state index contributed by atoms with van der Waals surface area (Å²) >= 11 is 5.35. The Bertz CT molecular complexity index is 649. The zero-order valence-corrected chi connectivity index (χ0v) is 19.6. The molecule has 11 nitrogen and oxygen atoms in total. The highest BCUT2D eigenvalue weighted by molar-refractivity contribution is 7.98. The quantitative estimate of drug-likeness (QED) is 0.137. The lowest BCUT2D eigenvalue weighted by Crippen LogP contribution is -2.58. The molecule has 31 heavy (non-hydrogen) atoms. The number of hydrogen-bond donors (Lipinski definition) is 7. The van der Waals surface area contributed by atoms with Crippen LogP contribution in [0.4, 0.5) is 0 Å². The number of amides is 4. The number of primary amides is 1. The molecule has 0 radical (unpaired) electrons. The van der Waals surface area contributed by atoms with E-state index in [1.165, 1.54) is 11.8 Å². The maximum atomic E-state index is 12.7. The van der Waals surface area contributed by atoms with E-state index in [9.17, 15) is 29.1 Å². The predicted octanol–water partition coefficient (Wildman–Crippen LogP) is -1.54. The number of carboxylic acids is 1. The van der Waals surface area contributed by atoms with Crippen LogP contribution in [-0.4, -0.2) is 76.6 Å². The first-order valence-corrected chi connectivity index (χ1v) is 11.7. The Morgan fingerprint density at radius 1 is 0.968 bits per heavy atom. The molecule has 0 aliphatic rings. The van der Waals surface area contributed by atoms with Gasteiger partial charge in [-0.05, 0) is 30.8 Å². The van der Waals surface area contributed by atoms with Crippen molar-refractivity contribution < 1.29 is 29.1 Å². The van der Waals surface area contributed by atoms with Crippen molar-refractivity contribution >= 4 is 54.0 Å². The van der Waals surface area contributed by atoms with Crippen molar-refractivity contribution in [3.63, 3.8) is 0 Å². The van der Waals surface area contributed by atoms with Gasteiger partial charge in [0.1, 0.15) is 18.1 Å². The summed E-state index contributed by atoms with van der Waals surface area (Å²) in [6.07, 6.45) is 1.74. The first kappa shape index (κ1) is 29.0. The maximum absolute atomic E-state index is 12.7. The van der Waals surface area contributed by atoms with Gasteiger partial charge in [-0.1, -0.05) is 13.8 Å². The lowest BCUT2D eigenvalue weighted by atomic mass is 10.0. The van der Waals surface area contributed by atoms with Gasteiger partial charge in [-0.15, -0.1) is 0 Å². The lowest BCUT2D eigenvalue weighted by molar-refractivity contribution is -0.142. The molecule has 4 unspecified atom stereocenters. The Hall–Kier alpha value is -1.99. The molecule has 0 aliphatic heterocycles. The van der Waals surface area contributed by atoms with Gasteiger partial charge in [0.15, 0.2) is 0 Å². The van der Waals surface area contributed by atoms with E-state index in [1.54, 1.807) is 0 Å². The molecule has 178 valence electrons. The summed E-state index contributed by atoms with van der Waals surface area (Å²) in [6.45, 7) is 3.65. The number of aliphatic carboxylic acids is 1. The molecular weight excluding hydrogens is 446 g/mol. The third kappa shape index (κ3) is 11.8. The molecule has 4 amide bonds. The second-order valence-corrected chi connectivity index (χ2v) is 8.74. The van der Waals surface area contributed by atoms with Crippen LogP contribution < -0.4 is 27.4 Å². The summed E-state index contributed by atoms with van der Waals surface area (Å²) in [4.78, 5) is 60.2. The van der Waals surface area contributed by atoms with Gasteiger partial charge < -0.3 is 32.5 Å². The van der Waals surface area contributed by atoms with Gasteiger partial charge in [0.25, 0.3) is 0 Å². The topological polar surface area (TPSA) is 194 Å². The standard InChI is InChI=1S/C18H33N5O6S2/c1-9(2)6-12(16(26)21-11(18(28)29)4-5-31-3)23-17(27)13(7-14(20)24)22-15(25)10(19)8-30/h9-13,30H,4-8,19H2,1-3H3,(H2,20,24)(H,21,26)(H,22,25)(H,23,27)(H,28,29). The second-order valence-electron chi connectivity index (χ2n) is 7.39. The summed E-state index contributed by atoms with van der Waals surface area (Å²) in [7, 11) is 0. The minimum atomic E-state index is -1.34. The van der Waals surface area contributed by atoms with Crippen LogP contribution in [0.15, 0.2) is 0 Å². The molecule has 0 heterocycles. The van der Waals surface area contributed by atoms with Crippen LogP contribution in [0.3, 0.4) is 0 Å². The van der Waals surface area contributed by atoms with E-state index in [1.807, 2.05) is 20.1 Å². The molecule has 0 spiro atoms. The second kappa shape index (κ2) is 14.9. The zero-order valence-electron chi connectivity index (χ0n) is 17.9. The van der Waals surface area contributed by atoms with Crippen LogP contribution in [0.25, 0.3) is 0 Å². The zero-order chi connectivity index (χ0) is 24.1. The number of thioether (sulfide) groups is 1. The van der Waals surface area contributed by atoms with E-state index in [0.29, 0.717) is 5.75 Å². The fourth-order valence-corrected chi connectivity index (χ4v) is 3.15. The van der Waals surface area contributed by atoms with E-state index in [2.05, 4.69) is 28.6 Å². The molecule has 0 aliphatic carbocycles. The number of thiol groups is 1. The third-order valence-electron chi connectivity index (χ3n) is 4.14. The molecule has 13 heteroatoms. The molecule has 0 fully saturated rings. The Labute approximate surface area is 191 Å². The van der Waals surface area contributed by atoms with Crippen LogP contribution in [-0.2, 0) is 24.0 Å². The highest BCUT2D eigenvalue weighted by atomic mass is 32.2. The molecule has 0 saturated carbocycles. The predicted molar refractivity (Wildman–Crippen MR) is 122 cm³/mol. The fourth-order valence-electron chi connectivity index (χ4n) is 2.51. The van der Waals surface area contributed by atoms with Gasteiger partial charge in [0.2, 0.25) is 23.6 Å². The highest BCUT2D eigenvalue weighted by Crippen LogP contribution is 2.08. The minimum absolute atomic E-state index is 0.0156. The molecule has 0 rings (SSSR count). The van der Waals surface area contributed by atoms with Crippen molar-refractivity contribution in [2.75, 3.05) is 17.8 Å². The summed E-state index contributed by atoms with van der Waals surface area (Å²) in [5.41, 5.74) is 10.7. The third-order valence-corrected chi connectivity index (χ3v) is 5.17. The largest absolute Gasteiger partial charge is 0.480 e. The molecule has 4 atom stereocenters. The molecule has 8 N–H and O–H groups in total. The molecule has 0 saturated heterocycles. The number of nitrogens with one attached hydrogen (secondary N) is 3. The Morgan fingerprint density at radius 3 is 1.94 bits per heavy atom. The van der Waals surface area contributed by atoms with Crippen molar-refractivity contribution in [3.05, 3.63) is 0 Å². The fraction of sp³-hybridized carbons (Fsp3) is 0.722. The average Bonchev–Trinajstić information content (AvgIpc) is 2.67. The molecule has 0 aromatic carbocycles. The van der Waals surface area contributed by atoms with Crippen molar-refractivity contribution in [1.29, 1.82) is 0 Å². The SMILES string of the molecule is CSCCC(NC(=O)C(CC(C)C)NC(=O)C(CC(N)=O)NC(=O)C(N)CS)C(=O)O. The summed E-state index contributed by atoms with van der Waals surface area (Å²) in [5, 5.41) is 16.6. The molecule has 0 aromatic rings. The van der Waals surface area contributed by atoms with Crippen molar-refractivity contribution in [1.82, 2.24) is 16.0 Å². The number of hydrogen-bond acceptors (Lipinski definition) is 8. The van der Waals surface area contributed by atoms with Gasteiger partial charge in [0, 0.05) is 5.75 Å². The van der Waals surface area contributed by atoms with E-state index in [0.717, 1.165) is 0 Å². The van der Waals surface area contributed by atoms with Gasteiger partial charge in [-0.2, -0.15) is 24.4 Å². The van der Waals surface area contributed by atoms with E-state index >= 15 is 0 Å². The van der Waals surface area contributed by atoms with Crippen LogP contribution in [0.5, 0.6) is 0 Å². The summed E-state index contributed by atoms with van der Waals surface area (Å²) < 4.78 is 0. The monoisotopic (exact) mass is 479 g/mol. The average molecular weight is 480 g/mol. The number of nitrogens with two attached hydrogens (primary N) is 2. The smallest absolute Gasteiger partial charge is 0.326 e. The Morgan fingerprint density at radius 2 is 1.48 bits per heavy atom. The van der Waals surface area contributed by atoms with Gasteiger partial charge in [-0.25, -0.2) is 4.79 Å². The van der Waals surface area contributed by atoms with E-state index in [4.69, 9.17) is 11.5 Å². The van der Waals surface area contributed by atoms with Crippen LogP contribution in [0.1, 0.15) is 33.1 Å². The van der Waals surface area contributed by atoms with Crippen LogP contribution >= 0.6 is 24.4 Å². The van der Waals surface area contributed by atoms with Crippen molar-refractivity contribution in [2.24, 2.45) is 17.4 Å². The first-order valence-electron chi connectivity index (χ1n) is 9.70. The minimum Gasteiger partial charge on any atom is -0.480 e. The highest BCUT2D eigenvalue weighted by Gasteiger charge is 2.31. The lowest BCUT2D eigenvalue weighted by Gasteiger charge is -2.25. The normalized spacial score (nSPS) is 14.8. The maximum Gasteiger partial charge on any atom is 0.326 e. The molecule has 0 aromatic heterocycles. The van der Waals surface area contributed by atoms with E-state index < -0.39 is 60.2 Å². The number of carbonyl (C=O) groups excluding carboxylic acids is 4. The van der Waals surface area contributed by atoms with Gasteiger partial charge >= 0.3 is 5.97 Å². The molecule has 0 bridgehead atoms.